The summed E-state index contributed by atoms with van der Waals surface area (Å²) in [5.41, 5.74) is 2.23. The van der Waals surface area contributed by atoms with Gasteiger partial charge in [0.05, 0.1) is 6.04 Å². The molecular formula is C14H15BrClNO. The Bertz CT molecular complexity index is 538. The van der Waals surface area contributed by atoms with Crippen LogP contribution < -0.4 is 5.32 Å². The van der Waals surface area contributed by atoms with Crippen LogP contribution in [0.1, 0.15) is 29.9 Å². The summed E-state index contributed by atoms with van der Waals surface area (Å²) in [6, 6.07) is 9.97. The third kappa shape index (κ3) is 2.97. The first-order chi connectivity index (χ1) is 8.61. The highest BCUT2D eigenvalue weighted by atomic mass is 79.9. The molecule has 0 saturated heterocycles. The summed E-state index contributed by atoms with van der Waals surface area (Å²) in [5.74, 6) is 0.894. The lowest BCUT2D eigenvalue weighted by molar-refractivity contribution is 0.437. The highest BCUT2D eigenvalue weighted by Gasteiger charge is 2.17. The summed E-state index contributed by atoms with van der Waals surface area (Å²) in [7, 11) is 0. The number of aryl methyl sites for hydroxylation is 1. The molecule has 4 heteroatoms. The van der Waals surface area contributed by atoms with Crippen molar-refractivity contribution in [2.45, 2.75) is 19.9 Å². The summed E-state index contributed by atoms with van der Waals surface area (Å²) in [4.78, 5) is 0. The molecule has 0 aliphatic carbocycles. The van der Waals surface area contributed by atoms with Gasteiger partial charge in [-0.2, -0.15) is 0 Å². The molecule has 2 nitrogen and oxygen atoms in total. The highest BCUT2D eigenvalue weighted by Crippen LogP contribution is 2.28. The molecule has 1 unspecified atom stereocenters. The first-order valence-electron chi connectivity index (χ1n) is 5.86. The number of nitrogens with one attached hydrogen (secondary N) is 1. The molecule has 1 N–H and O–H groups in total. The van der Waals surface area contributed by atoms with Crippen LogP contribution in [0, 0.1) is 6.92 Å². The molecule has 0 amide bonds. The van der Waals surface area contributed by atoms with Gasteiger partial charge in [0, 0.05) is 5.02 Å². The summed E-state index contributed by atoms with van der Waals surface area (Å²) >= 11 is 9.40. The maximum atomic E-state index is 6.06. The largest absolute Gasteiger partial charge is 0.452 e. The average molecular weight is 329 g/mol. The molecule has 0 aliphatic rings. The van der Waals surface area contributed by atoms with Gasteiger partial charge in [0.2, 0.25) is 0 Å². The third-order valence-electron chi connectivity index (χ3n) is 2.80. The molecule has 0 radical (unpaired) electrons. The lowest BCUT2D eigenvalue weighted by Gasteiger charge is -2.17. The van der Waals surface area contributed by atoms with Crippen LogP contribution in [0.5, 0.6) is 0 Å². The van der Waals surface area contributed by atoms with Crippen molar-refractivity contribution < 1.29 is 4.42 Å². The van der Waals surface area contributed by atoms with Crippen LogP contribution >= 0.6 is 27.5 Å². The smallest absolute Gasteiger partial charge is 0.169 e. The van der Waals surface area contributed by atoms with Crippen molar-refractivity contribution in [3.8, 4) is 0 Å². The molecule has 2 aromatic rings. The fourth-order valence-electron chi connectivity index (χ4n) is 1.92. The van der Waals surface area contributed by atoms with E-state index < -0.39 is 0 Å². The normalized spacial score (nSPS) is 12.7. The van der Waals surface area contributed by atoms with Gasteiger partial charge in [-0.3, -0.25) is 0 Å². The van der Waals surface area contributed by atoms with Crippen molar-refractivity contribution in [3.05, 3.63) is 56.9 Å². The second kappa shape index (κ2) is 5.91. The molecular weight excluding hydrogens is 314 g/mol. The Morgan fingerprint density at radius 3 is 2.67 bits per heavy atom. The molecule has 1 heterocycles. The van der Waals surface area contributed by atoms with E-state index in [4.69, 9.17) is 16.0 Å². The van der Waals surface area contributed by atoms with E-state index in [-0.39, 0.29) is 6.04 Å². The quantitative estimate of drug-likeness (QED) is 0.880. The first kappa shape index (κ1) is 13.7. The van der Waals surface area contributed by atoms with Gasteiger partial charge >= 0.3 is 0 Å². The molecule has 0 fully saturated rings. The van der Waals surface area contributed by atoms with Gasteiger partial charge in [-0.25, -0.2) is 0 Å². The third-order valence-corrected chi connectivity index (χ3v) is 3.65. The van der Waals surface area contributed by atoms with E-state index in [1.165, 1.54) is 0 Å². The molecule has 2 rings (SSSR count). The topological polar surface area (TPSA) is 25.2 Å². The Kier molecular flexibility index (Phi) is 4.49. The molecule has 96 valence electrons. The molecule has 0 saturated carbocycles. The highest BCUT2D eigenvalue weighted by molar-refractivity contribution is 9.10. The van der Waals surface area contributed by atoms with E-state index >= 15 is 0 Å². The maximum absolute atomic E-state index is 6.06. The van der Waals surface area contributed by atoms with Gasteiger partial charge in [-0.05, 0) is 58.7 Å². The summed E-state index contributed by atoms with van der Waals surface area (Å²) in [6.45, 7) is 4.95. The Balaban J connectivity index is 2.37. The Labute approximate surface area is 120 Å². The zero-order valence-corrected chi connectivity index (χ0v) is 12.7. The molecule has 1 aromatic heterocycles. The van der Waals surface area contributed by atoms with Gasteiger partial charge in [-0.1, -0.05) is 30.7 Å². The van der Waals surface area contributed by atoms with Crippen LogP contribution in [0.2, 0.25) is 5.02 Å². The average Bonchev–Trinajstić information content (AvgIpc) is 2.76. The van der Waals surface area contributed by atoms with Crippen molar-refractivity contribution in [1.82, 2.24) is 5.32 Å². The standard InChI is InChI=1S/C14H15BrClNO/c1-3-17-14(12-6-7-13(15)18-12)10-4-5-11(16)9(2)8-10/h4-8,14,17H,3H2,1-2H3. The van der Waals surface area contributed by atoms with E-state index in [2.05, 4.69) is 34.2 Å². The molecule has 1 atom stereocenters. The second-order valence-corrected chi connectivity index (χ2v) is 5.33. The predicted octanol–water partition coefficient (Wildman–Crippen LogP) is 4.70. The van der Waals surface area contributed by atoms with E-state index in [1.54, 1.807) is 0 Å². The van der Waals surface area contributed by atoms with Crippen molar-refractivity contribution in [2.75, 3.05) is 6.54 Å². The zero-order valence-electron chi connectivity index (χ0n) is 10.3. The van der Waals surface area contributed by atoms with Gasteiger partial charge in [0.25, 0.3) is 0 Å². The van der Waals surface area contributed by atoms with Crippen molar-refractivity contribution >= 4 is 27.5 Å². The van der Waals surface area contributed by atoms with E-state index in [1.807, 2.05) is 31.2 Å². The van der Waals surface area contributed by atoms with Crippen molar-refractivity contribution in [3.63, 3.8) is 0 Å². The van der Waals surface area contributed by atoms with E-state index in [0.29, 0.717) is 0 Å². The fraction of sp³-hybridized carbons (Fsp3) is 0.286. The number of rotatable bonds is 4. The SMILES string of the molecule is CCNC(c1ccc(Cl)c(C)c1)c1ccc(Br)o1. The summed E-state index contributed by atoms with van der Waals surface area (Å²) in [6.07, 6.45) is 0. The number of benzene rings is 1. The predicted molar refractivity (Wildman–Crippen MR) is 78.1 cm³/mol. The van der Waals surface area contributed by atoms with Crippen LogP contribution in [0.4, 0.5) is 0 Å². The fourth-order valence-corrected chi connectivity index (χ4v) is 2.35. The van der Waals surface area contributed by atoms with E-state index in [0.717, 1.165) is 33.1 Å². The van der Waals surface area contributed by atoms with E-state index in [9.17, 15) is 0 Å². The lowest BCUT2D eigenvalue weighted by Crippen LogP contribution is -2.21. The minimum Gasteiger partial charge on any atom is -0.452 e. The van der Waals surface area contributed by atoms with Crippen LogP contribution in [0.3, 0.4) is 0 Å². The van der Waals surface area contributed by atoms with Crippen molar-refractivity contribution in [1.29, 1.82) is 0 Å². The Morgan fingerprint density at radius 1 is 1.33 bits per heavy atom. The first-order valence-corrected chi connectivity index (χ1v) is 7.03. The number of hydrogen-bond acceptors (Lipinski definition) is 2. The minimum atomic E-state index is 0.0530. The summed E-state index contributed by atoms with van der Waals surface area (Å²) in [5, 5.41) is 4.20. The van der Waals surface area contributed by atoms with Gasteiger partial charge < -0.3 is 9.73 Å². The number of hydrogen-bond donors (Lipinski definition) is 1. The van der Waals surface area contributed by atoms with Gasteiger partial charge in [0.15, 0.2) is 4.67 Å². The zero-order chi connectivity index (χ0) is 13.1. The monoisotopic (exact) mass is 327 g/mol. The molecule has 0 spiro atoms. The Hall–Kier alpha value is -0.770. The van der Waals surface area contributed by atoms with Gasteiger partial charge in [-0.15, -0.1) is 0 Å². The minimum absolute atomic E-state index is 0.0530. The Morgan fingerprint density at radius 2 is 2.11 bits per heavy atom. The van der Waals surface area contributed by atoms with Crippen molar-refractivity contribution in [2.24, 2.45) is 0 Å². The maximum Gasteiger partial charge on any atom is 0.169 e. The van der Waals surface area contributed by atoms with Gasteiger partial charge in [0.1, 0.15) is 5.76 Å². The molecule has 18 heavy (non-hydrogen) atoms. The summed E-state index contributed by atoms with van der Waals surface area (Å²) < 4.78 is 6.39. The molecule has 0 bridgehead atoms. The molecule has 0 aliphatic heterocycles. The van der Waals surface area contributed by atoms with Crippen LogP contribution in [-0.2, 0) is 0 Å². The van der Waals surface area contributed by atoms with Crippen LogP contribution in [-0.4, -0.2) is 6.54 Å². The number of halogens is 2. The van der Waals surface area contributed by atoms with Crippen LogP contribution in [0.15, 0.2) is 39.4 Å². The molecule has 1 aromatic carbocycles. The van der Waals surface area contributed by atoms with Crippen LogP contribution in [0.25, 0.3) is 0 Å². The second-order valence-electron chi connectivity index (χ2n) is 4.14. The number of furan rings is 1. The lowest BCUT2D eigenvalue weighted by atomic mass is 10.0.